The number of likely N-dealkylation sites (N-methyl/N-ethyl adjacent to an activating group) is 2. The molecule has 0 radical (unpaired) electrons. The van der Waals surface area contributed by atoms with Crippen molar-refractivity contribution in [1.29, 1.82) is 0 Å². The van der Waals surface area contributed by atoms with Gasteiger partial charge >= 0.3 is 5.97 Å². The van der Waals surface area contributed by atoms with Gasteiger partial charge in [0, 0.05) is 26.7 Å². The lowest BCUT2D eigenvalue weighted by molar-refractivity contribution is -0.149. The second-order valence-corrected chi connectivity index (χ2v) is 10.8. The summed E-state index contributed by atoms with van der Waals surface area (Å²) in [6.45, 7) is 13.6. The number of esters is 1. The molecule has 0 aromatic rings. The highest BCUT2D eigenvalue weighted by Gasteiger charge is 2.35. The molecule has 2 aliphatic rings. The van der Waals surface area contributed by atoms with Crippen LogP contribution in [-0.2, 0) is 23.9 Å². The lowest BCUT2D eigenvalue weighted by atomic mass is 9.87. The molecular weight excluding hydrogens is 436 g/mol. The van der Waals surface area contributed by atoms with E-state index in [1.54, 1.807) is 26.0 Å². The fourth-order valence-corrected chi connectivity index (χ4v) is 4.53. The van der Waals surface area contributed by atoms with Crippen molar-refractivity contribution >= 4 is 17.8 Å². The Bertz CT molecular complexity index is 668. The van der Waals surface area contributed by atoms with Crippen LogP contribution in [0.15, 0.2) is 0 Å². The average Bonchev–Trinajstić information content (AvgIpc) is 2.94. The summed E-state index contributed by atoms with van der Waals surface area (Å²) in [4.78, 5) is 39.5. The van der Waals surface area contributed by atoms with Gasteiger partial charge in [0.05, 0.1) is 25.3 Å². The van der Waals surface area contributed by atoms with Gasteiger partial charge in [-0.1, -0.05) is 27.7 Å². The number of carbonyl (C=O) groups excluding carboxylic acids is 3. The van der Waals surface area contributed by atoms with Gasteiger partial charge in [-0.15, -0.1) is 0 Å². The third-order valence-corrected chi connectivity index (χ3v) is 6.56. The van der Waals surface area contributed by atoms with Crippen LogP contribution >= 0.6 is 0 Å². The molecule has 198 valence electrons. The van der Waals surface area contributed by atoms with Crippen LogP contribution in [-0.4, -0.2) is 100 Å². The molecule has 0 aromatic heterocycles. The van der Waals surface area contributed by atoms with Gasteiger partial charge in [0.25, 0.3) is 0 Å². The normalized spacial score (nSPS) is 24.6. The number of nitrogens with one attached hydrogen (secondary N) is 2. The van der Waals surface area contributed by atoms with E-state index in [1.807, 2.05) is 11.9 Å². The van der Waals surface area contributed by atoms with Crippen molar-refractivity contribution in [1.82, 2.24) is 20.4 Å². The highest BCUT2D eigenvalue weighted by atomic mass is 16.5. The number of ether oxygens (including phenoxy) is 2. The zero-order chi connectivity index (χ0) is 25.9. The molecule has 2 amide bonds. The smallest absolute Gasteiger partial charge is 0.325 e. The fourth-order valence-electron chi connectivity index (χ4n) is 4.53. The Balaban J connectivity index is 0.000000342. The van der Waals surface area contributed by atoms with Crippen molar-refractivity contribution in [2.45, 2.75) is 72.4 Å². The lowest BCUT2D eigenvalue weighted by Gasteiger charge is -2.29. The van der Waals surface area contributed by atoms with Crippen LogP contribution in [0.5, 0.6) is 0 Å². The zero-order valence-corrected chi connectivity index (χ0v) is 22.7. The van der Waals surface area contributed by atoms with E-state index < -0.39 is 0 Å². The average molecular weight is 485 g/mol. The molecule has 2 saturated heterocycles. The van der Waals surface area contributed by atoms with Crippen molar-refractivity contribution in [2.24, 2.45) is 10.8 Å². The SMILES string of the molecule is CCOC(=O)CN1CC(C)(C)CCC(NC)C1=O.CNC1CCC(C)(C)CN(CCOC)C1=O. The zero-order valence-electron chi connectivity index (χ0n) is 22.7. The largest absolute Gasteiger partial charge is 0.465 e. The highest BCUT2D eigenvalue weighted by Crippen LogP contribution is 2.29. The first-order chi connectivity index (χ1) is 15.9. The Morgan fingerprint density at radius 1 is 0.941 bits per heavy atom. The topological polar surface area (TPSA) is 100 Å². The van der Waals surface area contributed by atoms with Crippen molar-refractivity contribution in [2.75, 3.05) is 60.6 Å². The van der Waals surface area contributed by atoms with E-state index in [4.69, 9.17) is 9.47 Å². The van der Waals surface area contributed by atoms with Crippen molar-refractivity contribution in [3.8, 4) is 0 Å². The van der Waals surface area contributed by atoms with Crippen LogP contribution in [0.4, 0.5) is 0 Å². The molecule has 9 heteroatoms. The molecule has 0 spiro atoms. The quantitative estimate of drug-likeness (QED) is 0.505. The predicted octanol–water partition coefficient (Wildman–Crippen LogP) is 1.66. The van der Waals surface area contributed by atoms with Gasteiger partial charge in [0.2, 0.25) is 11.8 Å². The first kappa shape index (κ1) is 30.3. The van der Waals surface area contributed by atoms with Gasteiger partial charge in [0.15, 0.2) is 0 Å². The number of hydrogen-bond acceptors (Lipinski definition) is 7. The Labute approximate surface area is 206 Å². The van der Waals surface area contributed by atoms with E-state index in [2.05, 4.69) is 38.3 Å². The van der Waals surface area contributed by atoms with E-state index in [-0.39, 0.29) is 47.2 Å². The number of nitrogens with zero attached hydrogens (tertiary/aromatic N) is 2. The summed E-state index contributed by atoms with van der Waals surface area (Å²) >= 11 is 0. The van der Waals surface area contributed by atoms with Gasteiger partial charge < -0.3 is 29.9 Å². The number of carbonyl (C=O) groups is 3. The van der Waals surface area contributed by atoms with Crippen LogP contribution in [0.3, 0.4) is 0 Å². The van der Waals surface area contributed by atoms with Gasteiger partial charge in [0.1, 0.15) is 6.54 Å². The maximum absolute atomic E-state index is 12.3. The monoisotopic (exact) mass is 484 g/mol. The summed E-state index contributed by atoms with van der Waals surface area (Å²) in [6.07, 6.45) is 3.77. The Hall–Kier alpha value is -1.71. The van der Waals surface area contributed by atoms with Gasteiger partial charge in [-0.2, -0.15) is 0 Å². The molecule has 2 atom stereocenters. The summed E-state index contributed by atoms with van der Waals surface area (Å²) in [5, 5.41) is 6.13. The summed E-state index contributed by atoms with van der Waals surface area (Å²) in [5.41, 5.74) is 0.239. The number of amides is 2. The summed E-state index contributed by atoms with van der Waals surface area (Å²) < 4.78 is 9.97. The van der Waals surface area contributed by atoms with Gasteiger partial charge in [-0.3, -0.25) is 14.4 Å². The Morgan fingerprint density at radius 3 is 1.85 bits per heavy atom. The minimum absolute atomic E-state index is 0.00359. The molecule has 0 aromatic carbocycles. The van der Waals surface area contributed by atoms with Gasteiger partial charge in [-0.05, 0) is 57.5 Å². The van der Waals surface area contributed by atoms with Crippen molar-refractivity contribution in [3.63, 3.8) is 0 Å². The Morgan fingerprint density at radius 2 is 1.41 bits per heavy atom. The molecule has 2 aliphatic heterocycles. The first-order valence-electron chi connectivity index (χ1n) is 12.5. The van der Waals surface area contributed by atoms with E-state index in [9.17, 15) is 14.4 Å². The van der Waals surface area contributed by atoms with E-state index in [0.29, 0.717) is 26.3 Å². The van der Waals surface area contributed by atoms with Gasteiger partial charge in [-0.25, -0.2) is 0 Å². The highest BCUT2D eigenvalue weighted by molar-refractivity contribution is 5.86. The standard InChI is InChI=1S/C13H24N2O3.C12H24N2O2/c1-5-18-11(16)8-15-9-13(2,3)7-6-10(14-4)12(15)17;1-12(2)6-5-10(13-3)11(15)14(9-12)7-8-16-4/h10,14H,5-9H2,1-4H3;10,13H,5-9H2,1-4H3. The molecule has 2 fully saturated rings. The number of likely N-dealkylation sites (tertiary alicyclic amines) is 2. The molecule has 2 unspecified atom stereocenters. The Kier molecular flexibility index (Phi) is 12.5. The molecule has 0 aliphatic carbocycles. The minimum Gasteiger partial charge on any atom is -0.465 e. The van der Waals surface area contributed by atoms with Crippen molar-refractivity contribution < 1.29 is 23.9 Å². The summed E-state index contributed by atoms with van der Waals surface area (Å²) in [6, 6.07) is -0.222. The number of hydrogen-bond donors (Lipinski definition) is 2. The second kappa shape index (κ2) is 14.0. The molecule has 9 nitrogen and oxygen atoms in total. The molecular formula is C25H48N4O5. The molecule has 0 bridgehead atoms. The lowest BCUT2D eigenvalue weighted by Crippen LogP contribution is -2.47. The van der Waals surface area contributed by atoms with Crippen LogP contribution in [0, 0.1) is 10.8 Å². The van der Waals surface area contributed by atoms with Crippen LogP contribution in [0.1, 0.15) is 60.3 Å². The third kappa shape index (κ3) is 9.88. The summed E-state index contributed by atoms with van der Waals surface area (Å²) in [7, 11) is 5.31. The second-order valence-electron chi connectivity index (χ2n) is 10.8. The third-order valence-electron chi connectivity index (χ3n) is 6.56. The van der Waals surface area contributed by atoms with E-state index >= 15 is 0 Å². The summed E-state index contributed by atoms with van der Waals surface area (Å²) in [5.74, 6) is -0.125. The molecule has 34 heavy (non-hydrogen) atoms. The maximum atomic E-state index is 12.3. The van der Waals surface area contributed by atoms with Crippen LogP contribution in [0.25, 0.3) is 0 Å². The van der Waals surface area contributed by atoms with E-state index in [0.717, 1.165) is 32.2 Å². The van der Waals surface area contributed by atoms with Crippen LogP contribution in [0.2, 0.25) is 0 Å². The van der Waals surface area contributed by atoms with Crippen LogP contribution < -0.4 is 10.6 Å². The number of methoxy groups -OCH3 is 1. The molecule has 0 saturated carbocycles. The predicted molar refractivity (Wildman–Crippen MR) is 133 cm³/mol. The fraction of sp³-hybridized carbons (Fsp3) is 0.880. The maximum Gasteiger partial charge on any atom is 0.325 e. The molecule has 2 rings (SSSR count). The molecule has 2 N–H and O–H groups in total. The molecule has 2 heterocycles. The minimum atomic E-state index is -0.335. The first-order valence-corrected chi connectivity index (χ1v) is 12.5. The van der Waals surface area contributed by atoms with Crippen molar-refractivity contribution in [3.05, 3.63) is 0 Å². The number of rotatable bonds is 8. The van der Waals surface area contributed by atoms with E-state index in [1.165, 1.54) is 0 Å².